The standard InChI is InChI=1S/C16H19N3O2/c1-2-12-13(20)9-15(21)18-16(12)11-5-6-14(17-10-11)19-7-3-4-8-19/h5-6,9-10H,2-4,7-8H2,1H3,(H2,18,20,21). The lowest BCUT2D eigenvalue weighted by molar-refractivity contribution is 0.467. The van der Waals surface area contributed by atoms with Gasteiger partial charge in [-0.15, -0.1) is 0 Å². The van der Waals surface area contributed by atoms with Gasteiger partial charge in [0.25, 0.3) is 5.56 Å². The van der Waals surface area contributed by atoms with E-state index in [2.05, 4.69) is 14.9 Å². The summed E-state index contributed by atoms with van der Waals surface area (Å²) in [6.07, 6.45) is 4.83. The molecule has 1 saturated heterocycles. The smallest absolute Gasteiger partial charge is 0.252 e. The molecule has 21 heavy (non-hydrogen) atoms. The Bertz CT molecular complexity index is 686. The monoisotopic (exact) mass is 285 g/mol. The van der Waals surface area contributed by atoms with Crippen LogP contribution in [0.1, 0.15) is 25.3 Å². The Labute approximate surface area is 123 Å². The SMILES string of the molecule is CCc1c(O)cc(=O)[nH]c1-c1ccc(N2CCCC2)nc1. The van der Waals surface area contributed by atoms with Gasteiger partial charge in [-0.1, -0.05) is 6.92 Å². The molecule has 0 atom stereocenters. The zero-order valence-electron chi connectivity index (χ0n) is 12.1. The quantitative estimate of drug-likeness (QED) is 0.908. The van der Waals surface area contributed by atoms with Crippen LogP contribution in [0, 0.1) is 0 Å². The Balaban J connectivity index is 1.99. The average molecular weight is 285 g/mol. The fourth-order valence-electron chi connectivity index (χ4n) is 2.85. The lowest BCUT2D eigenvalue weighted by Crippen LogP contribution is -2.18. The average Bonchev–Trinajstić information content (AvgIpc) is 3.01. The van der Waals surface area contributed by atoms with Crippen LogP contribution in [-0.2, 0) is 6.42 Å². The Morgan fingerprint density at radius 1 is 1.33 bits per heavy atom. The highest BCUT2D eigenvalue weighted by atomic mass is 16.3. The molecule has 2 aromatic rings. The van der Waals surface area contributed by atoms with Crippen LogP contribution in [0.4, 0.5) is 5.82 Å². The van der Waals surface area contributed by atoms with E-state index in [1.165, 1.54) is 18.9 Å². The minimum Gasteiger partial charge on any atom is -0.507 e. The molecule has 5 heteroatoms. The first-order valence-corrected chi connectivity index (χ1v) is 7.35. The number of aromatic hydroxyl groups is 1. The molecule has 110 valence electrons. The molecule has 3 rings (SSSR count). The zero-order valence-corrected chi connectivity index (χ0v) is 12.1. The van der Waals surface area contributed by atoms with Gasteiger partial charge in [-0.05, 0) is 31.4 Å². The van der Waals surface area contributed by atoms with E-state index >= 15 is 0 Å². The summed E-state index contributed by atoms with van der Waals surface area (Å²) in [5.74, 6) is 1.01. The summed E-state index contributed by atoms with van der Waals surface area (Å²) in [6, 6.07) is 5.14. The van der Waals surface area contributed by atoms with Crippen molar-refractivity contribution in [2.75, 3.05) is 18.0 Å². The maximum atomic E-state index is 11.6. The third-order valence-corrected chi connectivity index (χ3v) is 3.95. The van der Waals surface area contributed by atoms with E-state index in [1.807, 2.05) is 19.1 Å². The first-order valence-electron chi connectivity index (χ1n) is 7.35. The molecule has 0 aliphatic carbocycles. The molecule has 1 aliphatic rings. The normalized spacial score (nSPS) is 14.6. The van der Waals surface area contributed by atoms with Crippen molar-refractivity contribution in [3.8, 4) is 17.0 Å². The number of hydrogen-bond donors (Lipinski definition) is 2. The summed E-state index contributed by atoms with van der Waals surface area (Å²) < 4.78 is 0. The molecule has 0 aromatic carbocycles. The number of nitrogens with one attached hydrogen (secondary N) is 1. The maximum absolute atomic E-state index is 11.6. The predicted molar refractivity (Wildman–Crippen MR) is 82.8 cm³/mol. The van der Waals surface area contributed by atoms with Gasteiger partial charge in [0.15, 0.2) is 0 Å². The van der Waals surface area contributed by atoms with Gasteiger partial charge in [-0.2, -0.15) is 0 Å². The molecular weight excluding hydrogens is 266 g/mol. The molecule has 0 radical (unpaired) electrons. The molecule has 3 heterocycles. The first kappa shape index (κ1) is 13.7. The fourth-order valence-corrected chi connectivity index (χ4v) is 2.85. The fraction of sp³-hybridized carbons (Fsp3) is 0.375. The second kappa shape index (κ2) is 5.60. The Morgan fingerprint density at radius 2 is 2.10 bits per heavy atom. The minimum absolute atomic E-state index is 0.0415. The zero-order chi connectivity index (χ0) is 14.8. The topological polar surface area (TPSA) is 69.2 Å². The molecule has 5 nitrogen and oxygen atoms in total. The largest absolute Gasteiger partial charge is 0.507 e. The van der Waals surface area contributed by atoms with Crippen molar-refractivity contribution in [2.45, 2.75) is 26.2 Å². The molecule has 0 bridgehead atoms. The van der Waals surface area contributed by atoms with Crippen LogP contribution in [0.15, 0.2) is 29.2 Å². The molecule has 0 spiro atoms. The number of aromatic amines is 1. The van der Waals surface area contributed by atoms with Crippen LogP contribution in [0.3, 0.4) is 0 Å². The lowest BCUT2D eigenvalue weighted by Gasteiger charge is -2.16. The number of pyridine rings is 2. The molecule has 0 unspecified atom stereocenters. The maximum Gasteiger partial charge on any atom is 0.252 e. The van der Waals surface area contributed by atoms with E-state index in [-0.39, 0.29) is 11.3 Å². The number of H-pyrrole nitrogens is 1. The van der Waals surface area contributed by atoms with Crippen molar-refractivity contribution in [1.29, 1.82) is 0 Å². The van der Waals surface area contributed by atoms with E-state index in [0.717, 1.165) is 30.0 Å². The summed E-state index contributed by atoms with van der Waals surface area (Å²) >= 11 is 0. The second-order valence-corrected chi connectivity index (χ2v) is 5.33. The summed E-state index contributed by atoms with van der Waals surface area (Å²) in [5.41, 5.74) is 1.92. The van der Waals surface area contributed by atoms with Gasteiger partial charge in [-0.3, -0.25) is 4.79 Å². The van der Waals surface area contributed by atoms with E-state index in [4.69, 9.17) is 0 Å². The third kappa shape index (κ3) is 2.63. The predicted octanol–water partition coefficient (Wildman–Crippen LogP) is 2.31. The van der Waals surface area contributed by atoms with Gasteiger partial charge < -0.3 is 15.0 Å². The van der Waals surface area contributed by atoms with Gasteiger partial charge >= 0.3 is 0 Å². The molecule has 1 fully saturated rings. The Morgan fingerprint density at radius 3 is 2.71 bits per heavy atom. The van der Waals surface area contributed by atoms with Crippen LogP contribution >= 0.6 is 0 Å². The molecule has 0 amide bonds. The van der Waals surface area contributed by atoms with Crippen molar-refractivity contribution in [3.63, 3.8) is 0 Å². The molecule has 0 saturated carbocycles. The highest BCUT2D eigenvalue weighted by molar-refractivity contribution is 5.66. The van der Waals surface area contributed by atoms with Crippen LogP contribution < -0.4 is 10.5 Å². The van der Waals surface area contributed by atoms with Crippen LogP contribution in [0.5, 0.6) is 5.75 Å². The molecule has 1 aliphatic heterocycles. The first-order chi connectivity index (χ1) is 10.2. The third-order valence-electron chi connectivity index (χ3n) is 3.95. The van der Waals surface area contributed by atoms with E-state index in [0.29, 0.717) is 12.1 Å². The van der Waals surface area contributed by atoms with E-state index < -0.39 is 0 Å². The van der Waals surface area contributed by atoms with Gasteiger partial charge in [0.2, 0.25) is 0 Å². The number of rotatable bonds is 3. The number of nitrogens with zero attached hydrogens (tertiary/aromatic N) is 2. The summed E-state index contributed by atoms with van der Waals surface area (Å²) in [6.45, 7) is 4.05. The number of aromatic nitrogens is 2. The highest BCUT2D eigenvalue weighted by Gasteiger charge is 2.15. The minimum atomic E-state index is -0.302. The van der Waals surface area contributed by atoms with Gasteiger partial charge in [0.05, 0.1) is 5.69 Å². The van der Waals surface area contributed by atoms with Crippen molar-refractivity contribution in [3.05, 3.63) is 40.3 Å². The Kier molecular flexibility index (Phi) is 3.64. The second-order valence-electron chi connectivity index (χ2n) is 5.33. The summed E-state index contributed by atoms with van der Waals surface area (Å²) in [7, 11) is 0. The van der Waals surface area contributed by atoms with Crippen molar-refractivity contribution in [2.24, 2.45) is 0 Å². The van der Waals surface area contributed by atoms with E-state index in [9.17, 15) is 9.90 Å². The summed E-state index contributed by atoms with van der Waals surface area (Å²) in [5, 5.41) is 9.91. The van der Waals surface area contributed by atoms with Crippen LogP contribution in [-0.4, -0.2) is 28.2 Å². The molecule has 2 N–H and O–H groups in total. The molecule has 2 aromatic heterocycles. The highest BCUT2D eigenvalue weighted by Crippen LogP contribution is 2.28. The van der Waals surface area contributed by atoms with Crippen molar-refractivity contribution >= 4 is 5.82 Å². The van der Waals surface area contributed by atoms with Gasteiger partial charge in [0.1, 0.15) is 11.6 Å². The summed E-state index contributed by atoms with van der Waals surface area (Å²) in [4.78, 5) is 21.1. The lowest BCUT2D eigenvalue weighted by atomic mass is 10.0. The molecular formula is C16H19N3O2. The van der Waals surface area contributed by atoms with Gasteiger partial charge in [0, 0.05) is 36.5 Å². The van der Waals surface area contributed by atoms with Gasteiger partial charge in [-0.25, -0.2) is 4.98 Å². The van der Waals surface area contributed by atoms with Crippen molar-refractivity contribution in [1.82, 2.24) is 9.97 Å². The Hall–Kier alpha value is -2.30. The van der Waals surface area contributed by atoms with Crippen LogP contribution in [0.25, 0.3) is 11.3 Å². The number of hydrogen-bond acceptors (Lipinski definition) is 4. The van der Waals surface area contributed by atoms with Crippen LogP contribution in [0.2, 0.25) is 0 Å². The number of anilines is 1. The van der Waals surface area contributed by atoms with Crippen molar-refractivity contribution < 1.29 is 5.11 Å². The van der Waals surface area contributed by atoms with E-state index in [1.54, 1.807) is 6.20 Å².